The second kappa shape index (κ2) is 16.0. The molecule has 0 radical (unpaired) electrons. The van der Waals surface area contributed by atoms with Crippen molar-refractivity contribution in [2.75, 3.05) is 38.0 Å². The number of aryl methyl sites for hydroxylation is 1. The van der Waals surface area contributed by atoms with Gasteiger partial charge in [-0.1, -0.05) is 6.07 Å². The Balaban J connectivity index is 0.821. The van der Waals surface area contributed by atoms with E-state index in [1.807, 2.05) is 30.0 Å². The fraction of sp³-hybridized carbons (Fsp3) is 0.511. The first-order valence-electron chi connectivity index (χ1n) is 20.9. The minimum Gasteiger partial charge on any atom is -0.386 e. The van der Waals surface area contributed by atoms with Crippen LogP contribution in [0, 0.1) is 24.1 Å². The Kier molecular flexibility index (Phi) is 11.0. The maximum atomic E-state index is 14.8. The molecule has 4 aromatic rings. The van der Waals surface area contributed by atoms with Crippen LogP contribution < -0.4 is 10.6 Å². The summed E-state index contributed by atoms with van der Waals surface area (Å²) in [5.41, 5.74) is 2.63. The molecule has 5 heterocycles. The number of halogens is 1. The number of amides is 4. The molecule has 8 rings (SSSR count). The maximum absolute atomic E-state index is 14.8. The number of hydrogen-bond acceptors (Lipinski definition) is 8. The maximum Gasteiger partial charge on any atom is 0.274 e. The number of benzene rings is 2. The van der Waals surface area contributed by atoms with Crippen LogP contribution in [0.1, 0.15) is 128 Å². The molecule has 0 bridgehead atoms. The molecule has 13 heteroatoms. The summed E-state index contributed by atoms with van der Waals surface area (Å²) in [4.78, 5) is 59.5. The molecule has 4 amide bonds. The first kappa shape index (κ1) is 39.8. The minimum atomic E-state index is -1.20. The highest BCUT2D eigenvalue weighted by Crippen LogP contribution is 2.47. The van der Waals surface area contributed by atoms with Gasteiger partial charge in [-0.25, -0.2) is 9.37 Å². The number of carbonyl (C=O) groups excluding carboxylic acids is 4. The summed E-state index contributed by atoms with van der Waals surface area (Å²) in [5, 5.41) is 22.2. The number of likely N-dealkylation sites (tertiary alicyclic amines) is 2. The second-order valence-electron chi connectivity index (χ2n) is 17.8. The zero-order valence-corrected chi connectivity index (χ0v) is 33.7. The molecule has 1 aliphatic carbocycles. The number of aromatic nitrogens is 3. The second-order valence-corrected chi connectivity index (χ2v) is 17.8. The number of carbonyl (C=O) groups is 4. The van der Waals surface area contributed by atoms with E-state index >= 15 is 0 Å². The van der Waals surface area contributed by atoms with Crippen LogP contribution in [0.25, 0.3) is 10.9 Å². The van der Waals surface area contributed by atoms with Gasteiger partial charge < -0.3 is 20.2 Å². The Morgan fingerprint density at radius 2 is 1.71 bits per heavy atom. The average Bonchev–Trinajstić information content (AvgIpc) is 3.62. The van der Waals surface area contributed by atoms with Gasteiger partial charge in [-0.15, -0.1) is 0 Å². The van der Waals surface area contributed by atoms with Crippen molar-refractivity contribution in [2.24, 2.45) is 11.3 Å². The van der Waals surface area contributed by atoms with Crippen LogP contribution in [-0.2, 0) is 15.2 Å². The lowest BCUT2D eigenvalue weighted by atomic mass is 9.65. The Morgan fingerprint density at radius 1 is 0.966 bits per heavy atom. The first-order chi connectivity index (χ1) is 27.7. The van der Waals surface area contributed by atoms with Gasteiger partial charge in [0.15, 0.2) is 0 Å². The van der Waals surface area contributed by atoms with Crippen LogP contribution in [0.3, 0.4) is 0 Å². The number of pyridine rings is 1. The van der Waals surface area contributed by atoms with E-state index in [0.29, 0.717) is 41.5 Å². The number of rotatable bonds is 8. The van der Waals surface area contributed by atoms with E-state index in [1.165, 1.54) is 43.9 Å². The number of piperidine rings is 3. The summed E-state index contributed by atoms with van der Waals surface area (Å²) in [6.07, 6.45) is 11.1. The molecule has 306 valence electrons. The summed E-state index contributed by atoms with van der Waals surface area (Å²) in [7, 11) is 0. The molecule has 58 heavy (non-hydrogen) atoms. The number of nitrogens with zero attached hydrogens (tertiary/aromatic N) is 5. The fourth-order valence-electron chi connectivity index (χ4n) is 9.75. The summed E-state index contributed by atoms with van der Waals surface area (Å²) >= 11 is 0. The SMILES string of the molecule is Cc1cccc(C(=O)Nc2cc3cn(C4CCN(CC5CCC6(CC5)CCN(C(=O)c5ccc(F)c(C7CCC(=O)NC7=O)c5)CC6)CC4)nc3cc2C(C)(C)O)n1. The van der Waals surface area contributed by atoms with E-state index in [0.717, 1.165) is 61.9 Å². The molecular formula is C45H54FN7O5. The van der Waals surface area contributed by atoms with Crippen molar-refractivity contribution in [1.29, 1.82) is 0 Å². The van der Waals surface area contributed by atoms with Crippen LogP contribution in [-0.4, -0.2) is 86.0 Å². The number of hydrogen-bond donors (Lipinski definition) is 3. The van der Waals surface area contributed by atoms with Crippen LogP contribution in [0.4, 0.5) is 10.1 Å². The van der Waals surface area contributed by atoms with E-state index in [-0.39, 0.29) is 47.6 Å². The highest BCUT2D eigenvalue weighted by atomic mass is 19.1. The molecule has 1 atom stereocenters. The van der Waals surface area contributed by atoms with E-state index in [1.54, 1.807) is 26.0 Å². The average molecular weight is 792 g/mol. The summed E-state index contributed by atoms with van der Waals surface area (Å²) in [5.74, 6) is -1.98. The zero-order chi connectivity index (χ0) is 40.8. The van der Waals surface area contributed by atoms with Crippen LogP contribution in [0.15, 0.2) is 54.7 Å². The third kappa shape index (κ3) is 8.42. The molecule has 1 saturated carbocycles. The zero-order valence-electron chi connectivity index (χ0n) is 33.7. The fourth-order valence-corrected chi connectivity index (χ4v) is 9.75. The van der Waals surface area contributed by atoms with Gasteiger partial charge in [0.05, 0.1) is 23.1 Å². The quantitative estimate of drug-likeness (QED) is 0.169. The number of imide groups is 1. The lowest BCUT2D eigenvalue weighted by Gasteiger charge is -2.47. The molecule has 12 nitrogen and oxygen atoms in total. The van der Waals surface area contributed by atoms with Gasteiger partial charge in [-0.05, 0) is 132 Å². The molecule has 3 aliphatic heterocycles. The molecular weight excluding hydrogens is 738 g/mol. The van der Waals surface area contributed by atoms with Crippen LogP contribution in [0.2, 0.25) is 0 Å². The normalized spacial score (nSPS) is 21.1. The van der Waals surface area contributed by atoms with Crippen LogP contribution >= 0.6 is 0 Å². The molecule has 2 aromatic heterocycles. The van der Waals surface area contributed by atoms with Crippen molar-refractivity contribution in [2.45, 2.75) is 103 Å². The van der Waals surface area contributed by atoms with E-state index < -0.39 is 23.2 Å². The van der Waals surface area contributed by atoms with Crippen molar-refractivity contribution < 1.29 is 28.7 Å². The Bertz CT molecular complexity index is 2220. The monoisotopic (exact) mass is 791 g/mol. The molecule has 4 aliphatic rings. The van der Waals surface area contributed by atoms with E-state index in [9.17, 15) is 28.7 Å². The van der Waals surface area contributed by atoms with Gasteiger partial charge >= 0.3 is 0 Å². The van der Waals surface area contributed by atoms with Crippen molar-refractivity contribution in [3.05, 3.63) is 88.6 Å². The topological polar surface area (TPSA) is 150 Å². The van der Waals surface area contributed by atoms with Crippen molar-refractivity contribution in [3.63, 3.8) is 0 Å². The predicted octanol–water partition coefficient (Wildman–Crippen LogP) is 6.63. The summed E-state index contributed by atoms with van der Waals surface area (Å²) < 4.78 is 16.9. The van der Waals surface area contributed by atoms with E-state index in [2.05, 4.69) is 31.4 Å². The van der Waals surface area contributed by atoms with Gasteiger partial charge in [-0.2, -0.15) is 5.10 Å². The van der Waals surface area contributed by atoms with Crippen molar-refractivity contribution in [3.8, 4) is 0 Å². The van der Waals surface area contributed by atoms with Gasteiger partial charge in [0.2, 0.25) is 11.8 Å². The highest BCUT2D eigenvalue weighted by molar-refractivity contribution is 6.04. The number of anilines is 1. The highest BCUT2D eigenvalue weighted by Gasteiger charge is 2.40. The standard InChI is InChI=1S/C45H54FN7O5/c1-28-5-4-6-37(47-28)42(56)48-39-24-31-27-53(50-38(31)25-35(39)44(2,3)58)32-13-19-51(20-14-32)26-29-11-15-45(16-12-29)17-21-52(22-18-45)43(57)30-7-9-36(46)34(23-30)33-8-10-40(54)49-41(33)55/h4-7,9,23-25,27,29,32-33,58H,8,10-22,26H2,1-3H3,(H,48,56)(H,49,54,55). The molecule has 4 fully saturated rings. The largest absolute Gasteiger partial charge is 0.386 e. The molecule has 1 spiro atoms. The van der Waals surface area contributed by atoms with Gasteiger partial charge in [0.25, 0.3) is 11.8 Å². The number of fused-ring (bicyclic) bond motifs is 1. The van der Waals surface area contributed by atoms with Crippen molar-refractivity contribution in [1.82, 2.24) is 29.9 Å². The summed E-state index contributed by atoms with van der Waals surface area (Å²) in [6.45, 7) is 9.72. The third-order valence-corrected chi connectivity index (χ3v) is 13.3. The predicted molar refractivity (Wildman–Crippen MR) is 218 cm³/mol. The minimum absolute atomic E-state index is 0.132. The van der Waals surface area contributed by atoms with Gasteiger partial charge in [0, 0.05) is 78.8 Å². The Hall–Kier alpha value is -5.01. The van der Waals surface area contributed by atoms with Gasteiger partial charge in [0.1, 0.15) is 11.5 Å². The van der Waals surface area contributed by atoms with Crippen LogP contribution in [0.5, 0.6) is 0 Å². The van der Waals surface area contributed by atoms with E-state index in [4.69, 9.17) is 5.10 Å². The summed E-state index contributed by atoms with van der Waals surface area (Å²) in [6, 6.07) is 13.6. The lowest BCUT2D eigenvalue weighted by molar-refractivity contribution is -0.134. The van der Waals surface area contributed by atoms with Gasteiger partial charge in [-0.3, -0.25) is 29.2 Å². The lowest BCUT2D eigenvalue weighted by Crippen LogP contribution is -2.45. The first-order valence-corrected chi connectivity index (χ1v) is 20.9. The Morgan fingerprint density at radius 3 is 2.40 bits per heavy atom. The third-order valence-electron chi connectivity index (χ3n) is 13.3. The molecule has 3 saturated heterocycles. The molecule has 1 unspecified atom stereocenters. The van der Waals surface area contributed by atoms with Crippen molar-refractivity contribution >= 4 is 40.2 Å². The Labute approximate surface area is 338 Å². The number of aliphatic hydroxyl groups is 1. The molecule has 3 N–H and O–H groups in total. The smallest absolute Gasteiger partial charge is 0.274 e. The number of nitrogens with one attached hydrogen (secondary N) is 2. The molecule has 2 aromatic carbocycles.